The second-order valence-corrected chi connectivity index (χ2v) is 8.97. The second kappa shape index (κ2) is 11.2. The predicted octanol–water partition coefficient (Wildman–Crippen LogP) is 4.32. The Kier molecular flexibility index (Phi) is 8.32. The minimum Gasteiger partial charge on any atom is -0.353 e. The lowest BCUT2D eigenvalue weighted by Crippen LogP contribution is -2.44. The lowest BCUT2D eigenvalue weighted by Gasteiger charge is -2.30. The molecule has 0 aromatic heterocycles. The molecular weight excluding hydrogens is 406 g/mol. The zero-order chi connectivity index (χ0) is 22.2. The summed E-state index contributed by atoms with van der Waals surface area (Å²) in [6, 6.07) is 15.8. The summed E-state index contributed by atoms with van der Waals surface area (Å²) < 4.78 is 0. The molecule has 164 valence electrons. The van der Waals surface area contributed by atoms with Crippen molar-refractivity contribution in [2.45, 2.75) is 31.6 Å². The van der Waals surface area contributed by atoms with Gasteiger partial charge in [-0.1, -0.05) is 67.1 Å². The van der Waals surface area contributed by atoms with E-state index in [0.29, 0.717) is 11.4 Å². The predicted molar refractivity (Wildman–Crippen MR) is 129 cm³/mol. The quantitative estimate of drug-likeness (QED) is 0.594. The Bertz CT molecular complexity index is 940. The van der Waals surface area contributed by atoms with Crippen molar-refractivity contribution in [1.29, 1.82) is 0 Å². The first-order valence-corrected chi connectivity index (χ1v) is 11.6. The highest BCUT2D eigenvalue weighted by Gasteiger charge is 2.30. The molecule has 1 aliphatic heterocycles. The molecule has 2 aromatic rings. The van der Waals surface area contributed by atoms with E-state index in [1.54, 1.807) is 4.90 Å². The number of fused-ring (bicyclic) bond motifs is 1. The second-order valence-electron chi connectivity index (χ2n) is 7.89. The van der Waals surface area contributed by atoms with Gasteiger partial charge in [0, 0.05) is 18.0 Å². The molecule has 6 heteroatoms. The van der Waals surface area contributed by atoms with Crippen molar-refractivity contribution in [1.82, 2.24) is 10.2 Å². The lowest BCUT2D eigenvalue weighted by atomic mass is 10.1. The zero-order valence-electron chi connectivity index (χ0n) is 18.6. The maximum absolute atomic E-state index is 13.2. The van der Waals surface area contributed by atoms with E-state index in [2.05, 4.69) is 24.2 Å². The van der Waals surface area contributed by atoms with Crippen LogP contribution >= 0.6 is 11.8 Å². The van der Waals surface area contributed by atoms with Gasteiger partial charge in [-0.05, 0) is 50.7 Å². The fraction of sp³-hybridized carbons (Fsp3) is 0.360. The topological polar surface area (TPSA) is 52.7 Å². The van der Waals surface area contributed by atoms with Gasteiger partial charge in [-0.3, -0.25) is 14.5 Å². The first kappa shape index (κ1) is 23.1. The SMILES string of the molecule is CCCCN(C)CCNC(=O)CN1C(=O)/C(=C/c2ccc(C)cc2)Sc2ccccc21. The Morgan fingerprint density at radius 2 is 1.87 bits per heavy atom. The molecule has 0 radical (unpaired) electrons. The fourth-order valence-electron chi connectivity index (χ4n) is 3.36. The molecule has 1 heterocycles. The van der Waals surface area contributed by atoms with Crippen molar-refractivity contribution < 1.29 is 9.59 Å². The van der Waals surface area contributed by atoms with Gasteiger partial charge in [-0.2, -0.15) is 0 Å². The number of likely N-dealkylation sites (N-methyl/N-ethyl adjacent to an activating group) is 1. The molecule has 0 unspecified atom stereocenters. The van der Waals surface area contributed by atoms with Crippen LogP contribution in [0.2, 0.25) is 0 Å². The highest BCUT2D eigenvalue weighted by molar-refractivity contribution is 8.04. The summed E-state index contributed by atoms with van der Waals surface area (Å²) in [5.74, 6) is -0.284. The van der Waals surface area contributed by atoms with Crippen molar-refractivity contribution in [3.63, 3.8) is 0 Å². The number of amides is 2. The summed E-state index contributed by atoms with van der Waals surface area (Å²) >= 11 is 1.46. The van der Waals surface area contributed by atoms with Crippen LogP contribution in [0, 0.1) is 6.92 Å². The average molecular weight is 438 g/mol. The molecule has 0 aliphatic carbocycles. The molecule has 1 aliphatic rings. The molecule has 5 nitrogen and oxygen atoms in total. The number of nitrogens with one attached hydrogen (secondary N) is 1. The van der Waals surface area contributed by atoms with Crippen molar-refractivity contribution >= 4 is 35.3 Å². The van der Waals surface area contributed by atoms with Crippen LogP contribution in [0.25, 0.3) is 6.08 Å². The largest absolute Gasteiger partial charge is 0.353 e. The zero-order valence-corrected chi connectivity index (χ0v) is 19.4. The molecule has 0 saturated carbocycles. The van der Waals surface area contributed by atoms with Gasteiger partial charge in [-0.15, -0.1) is 0 Å². The molecule has 2 amide bonds. The van der Waals surface area contributed by atoms with Crippen molar-refractivity contribution in [3.8, 4) is 0 Å². The molecular formula is C25H31N3O2S. The molecule has 0 spiro atoms. The number of carbonyl (C=O) groups excluding carboxylic acids is 2. The molecule has 2 aromatic carbocycles. The molecule has 1 N–H and O–H groups in total. The minimum absolute atomic E-state index is 0.0142. The van der Waals surface area contributed by atoms with Gasteiger partial charge in [0.25, 0.3) is 5.91 Å². The number of rotatable bonds is 9. The Morgan fingerprint density at radius 1 is 1.13 bits per heavy atom. The molecule has 3 rings (SSSR count). The van der Waals surface area contributed by atoms with Gasteiger partial charge >= 0.3 is 0 Å². The van der Waals surface area contributed by atoms with E-state index in [4.69, 9.17) is 0 Å². The minimum atomic E-state index is -0.145. The summed E-state index contributed by atoms with van der Waals surface area (Å²) in [6.07, 6.45) is 4.21. The third-order valence-electron chi connectivity index (χ3n) is 5.22. The number of carbonyl (C=O) groups is 2. The number of hydrogen-bond donors (Lipinski definition) is 1. The maximum atomic E-state index is 13.2. The molecule has 0 fully saturated rings. The number of aryl methyl sites for hydroxylation is 1. The third-order valence-corrected chi connectivity index (χ3v) is 6.30. The number of benzene rings is 2. The van der Waals surface area contributed by atoms with E-state index in [1.807, 2.05) is 61.5 Å². The van der Waals surface area contributed by atoms with E-state index >= 15 is 0 Å². The van der Waals surface area contributed by atoms with Crippen LogP contribution in [0.1, 0.15) is 30.9 Å². The number of para-hydroxylation sites is 1. The van der Waals surface area contributed by atoms with Crippen LogP contribution in [0.4, 0.5) is 5.69 Å². The molecule has 0 saturated heterocycles. The summed E-state index contributed by atoms with van der Waals surface area (Å²) in [5.41, 5.74) is 2.93. The highest BCUT2D eigenvalue weighted by atomic mass is 32.2. The van der Waals surface area contributed by atoms with Crippen LogP contribution in [-0.4, -0.2) is 49.9 Å². The fourth-order valence-corrected chi connectivity index (χ4v) is 4.42. The van der Waals surface area contributed by atoms with E-state index in [9.17, 15) is 9.59 Å². The number of nitrogens with zero attached hydrogens (tertiary/aromatic N) is 2. The summed E-state index contributed by atoms with van der Waals surface area (Å²) in [4.78, 5) is 31.3. The molecule has 31 heavy (non-hydrogen) atoms. The Labute approximate surface area is 189 Å². The first-order valence-electron chi connectivity index (χ1n) is 10.8. The number of anilines is 1. The highest BCUT2D eigenvalue weighted by Crippen LogP contribution is 2.41. The van der Waals surface area contributed by atoms with Gasteiger partial charge in [0.2, 0.25) is 5.91 Å². The Balaban J connectivity index is 1.70. The lowest BCUT2D eigenvalue weighted by molar-refractivity contribution is -0.122. The number of unbranched alkanes of at least 4 members (excludes halogenated alkanes) is 1. The van der Waals surface area contributed by atoms with Crippen LogP contribution in [0.15, 0.2) is 58.3 Å². The average Bonchev–Trinajstić information content (AvgIpc) is 2.76. The van der Waals surface area contributed by atoms with Gasteiger partial charge in [0.15, 0.2) is 0 Å². The van der Waals surface area contributed by atoms with Crippen LogP contribution in [0.5, 0.6) is 0 Å². The van der Waals surface area contributed by atoms with E-state index in [-0.39, 0.29) is 18.4 Å². The van der Waals surface area contributed by atoms with Crippen LogP contribution in [-0.2, 0) is 9.59 Å². The standard InChI is InChI=1S/C25H31N3O2S/c1-4-5-15-27(3)16-14-26-24(29)18-28-21-8-6-7-9-22(21)31-23(25(28)30)17-20-12-10-19(2)11-13-20/h6-13,17H,4-5,14-16,18H2,1-3H3,(H,26,29)/b23-17-. The first-order chi connectivity index (χ1) is 15.0. The monoisotopic (exact) mass is 437 g/mol. The smallest absolute Gasteiger partial charge is 0.265 e. The van der Waals surface area contributed by atoms with Gasteiger partial charge in [0.1, 0.15) is 6.54 Å². The van der Waals surface area contributed by atoms with Crippen molar-refractivity contribution in [3.05, 3.63) is 64.6 Å². The molecule has 0 atom stereocenters. The summed E-state index contributed by atoms with van der Waals surface area (Å²) in [7, 11) is 2.06. The van der Waals surface area contributed by atoms with Crippen LogP contribution < -0.4 is 10.2 Å². The van der Waals surface area contributed by atoms with Crippen molar-refractivity contribution in [2.75, 3.05) is 38.1 Å². The summed E-state index contributed by atoms with van der Waals surface area (Å²) in [6.45, 7) is 6.61. The van der Waals surface area contributed by atoms with Gasteiger partial charge in [-0.25, -0.2) is 0 Å². The number of thioether (sulfide) groups is 1. The Hall–Kier alpha value is -2.57. The molecule has 0 bridgehead atoms. The maximum Gasteiger partial charge on any atom is 0.265 e. The normalized spacial score (nSPS) is 14.8. The van der Waals surface area contributed by atoms with Crippen molar-refractivity contribution in [2.24, 2.45) is 0 Å². The van der Waals surface area contributed by atoms with Crippen LogP contribution in [0.3, 0.4) is 0 Å². The van der Waals surface area contributed by atoms with E-state index < -0.39 is 0 Å². The summed E-state index contributed by atoms with van der Waals surface area (Å²) in [5, 5.41) is 2.96. The van der Waals surface area contributed by atoms with Gasteiger partial charge < -0.3 is 10.2 Å². The van der Waals surface area contributed by atoms with Gasteiger partial charge in [0.05, 0.1) is 10.6 Å². The number of hydrogen-bond acceptors (Lipinski definition) is 4. The van der Waals surface area contributed by atoms with E-state index in [0.717, 1.165) is 42.1 Å². The van der Waals surface area contributed by atoms with E-state index in [1.165, 1.54) is 17.3 Å². The third kappa shape index (κ3) is 6.45. The Morgan fingerprint density at radius 3 is 2.61 bits per heavy atom.